The van der Waals surface area contributed by atoms with Gasteiger partial charge >= 0.3 is 0 Å². The average molecular weight is 293 g/mol. The summed E-state index contributed by atoms with van der Waals surface area (Å²) < 4.78 is 0. The Morgan fingerprint density at radius 1 is 1.00 bits per heavy atom. The predicted molar refractivity (Wildman–Crippen MR) is 80.8 cm³/mol. The highest BCUT2D eigenvalue weighted by Crippen LogP contribution is 2.27. The SMILES string of the molecule is CC(C=O)Cc1ccc(-c2cc(Cl)cc(Cl)c2)cc1. The number of carbonyl (C=O) groups excluding carboxylic acids is 1. The maximum absolute atomic E-state index is 10.6. The maximum Gasteiger partial charge on any atom is 0.123 e. The molecule has 3 heteroatoms. The predicted octanol–water partition coefficient (Wildman–Crippen LogP) is 5.04. The summed E-state index contributed by atoms with van der Waals surface area (Å²) in [5.41, 5.74) is 3.20. The van der Waals surface area contributed by atoms with E-state index in [1.165, 1.54) is 0 Å². The fourth-order valence-electron chi connectivity index (χ4n) is 1.97. The minimum Gasteiger partial charge on any atom is -0.303 e. The molecule has 1 unspecified atom stereocenters. The topological polar surface area (TPSA) is 17.1 Å². The van der Waals surface area contributed by atoms with Crippen LogP contribution in [0.4, 0.5) is 0 Å². The maximum atomic E-state index is 10.6. The molecule has 0 bridgehead atoms. The Hall–Kier alpha value is -1.31. The van der Waals surface area contributed by atoms with Crippen molar-refractivity contribution in [3.8, 4) is 11.1 Å². The second-order valence-corrected chi connectivity index (χ2v) is 5.55. The first kappa shape index (κ1) is 14.1. The van der Waals surface area contributed by atoms with Crippen molar-refractivity contribution in [3.05, 3.63) is 58.1 Å². The smallest absolute Gasteiger partial charge is 0.123 e. The van der Waals surface area contributed by atoms with E-state index in [1.807, 2.05) is 43.3 Å². The molecule has 0 aliphatic heterocycles. The van der Waals surface area contributed by atoms with Crippen molar-refractivity contribution in [2.24, 2.45) is 5.92 Å². The minimum atomic E-state index is 0.0477. The van der Waals surface area contributed by atoms with Crippen molar-refractivity contribution in [1.29, 1.82) is 0 Å². The van der Waals surface area contributed by atoms with Crippen LogP contribution in [-0.4, -0.2) is 6.29 Å². The summed E-state index contributed by atoms with van der Waals surface area (Å²) in [6, 6.07) is 13.6. The lowest BCUT2D eigenvalue weighted by Gasteiger charge is -2.07. The average Bonchev–Trinajstić information content (AvgIpc) is 2.38. The van der Waals surface area contributed by atoms with Crippen LogP contribution in [-0.2, 0) is 11.2 Å². The van der Waals surface area contributed by atoms with Gasteiger partial charge in [0.05, 0.1) is 0 Å². The Bertz CT molecular complexity index is 556. The standard InChI is InChI=1S/C16H14Cl2O/c1-11(10-19)6-12-2-4-13(5-3-12)14-7-15(17)9-16(18)8-14/h2-5,7-11H,6H2,1H3. The first-order valence-electron chi connectivity index (χ1n) is 6.09. The van der Waals surface area contributed by atoms with E-state index in [-0.39, 0.29) is 5.92 Å². The van der Waals surface area contributed by atoms with Crippen LogP contribution >= 0.6 is 23.2 Å². The molecule has 1 atom stereocenters. The second kappa shape index (κ2) is 6.23. The van der Waals surface area contributed by atoms with Gasteiger partial charge < -0.3 is 4.79 Å². The van der Waals surface area contributed by atoms with Gasteiger partial charge in [0.1, 0.15) is 6.29 Å². The molecule has 0 amide bonds. The van der Waals surface area contributed by atoms with Crippen LogP contribution in [0.25, 0.3) is 11.1 Å². The van der Waals surface area contributed by atoms with Crippen molar-refractivity contribution in [2.75, 3.05) is 0 Å². The molecule has 0 aromatic heterocycles. The normalized spacial score (nSPS) is 12.2. The fourth-order valence-corrected chi connectivity index (χ4v) is 2.50. The number of aldehydes is 1. The number of rotatable bonds is 4. The molecule has 0 spiro atoms. The summed E-state index contributed by atoms with van der Waals surface area (Å²) in [4.78, 5) is 10.6. The highest BCUT2D eigenvalue weighted by Gasteiger charge is 2.04. The molecule has 0 aliphatic carbocycles. The number of benzene rings is 2. The zero-order valence-corrected chi connectivity index (χ0v) is 12.1. The van der Waals surface area contributed by atoms with Gasteiger partial charge in [-0.3, -0.25) is 0 Å². The van der Waals surface area contributed by atoms with E-state index in [0.29, 0.717) is 10.0 Å². The highest BCUT2D eigenvalue weighted by atomic mass is 35.5. The van der Waals surface area contributed by atoms with Crippen LogP contribution in [0.15, 0.2) is 42.5 Å². The first-order valence-corrected chi connectivity index (χ1v) is 6.85. The van der Waals surface area contributed by atoms with E-state index >= 15 is 0 Å². The van der Waals surface area contributed by atoms with Gasteiger partial charge in [0.25, 0.3) is 0 Å². The molecule has 0 fully saturated rings. The summed E-state index contributed by atoms with van der Waals surface area (Å²) in [6.45, 7) is 1.91. The molecule has 0 radical (unpaired) electrons. The molecular weight excluding hydrogens is 279 g/mol. The van der Waals surface area contributed by atoms with Crippen molar-refractivity contribution < 1.29 is 4.79 Å². The second-order valence-electron chi connectivity index (χ2n) is 4.67. The minimum absolute atomic E-state index is 0.0477. The van der Waals surface area contributed by atoms with Gasteiger partial charge in [0.2, 0.25) is 0 Å². The lowest BCUT2D eigenvalue weighted by atomic mass is 9.99. The molecule has 0 saturated carbocycles. The highest BCUT2D eigenvalue weighted by molar-refractivity contribution is 6.35. The van der Waals surface area contributed by atoms with E-state index in [1.54, 1.807) is 6.07 Å². The Balaban J connectivity index is 2.24. The van der Waals surface area contributed by atoms with E-state index < -0.39 is 0 Å². The molecule has 1 nitrogen and oxygen atoms in total. The third-order valence-corrected chi connectivity index (χ3v) is 3.38. The molecule has 2 aromatic rings. The van der Waals surface area contributed by atoms with Crippen molar-refractivity contribution >= 4 is 29.5 Å². The zero-order chi connectivity index (χ0) is 13.8. The molecule has 2 aromatic carbocycles. The van der Waals surface area contributed by atoms with Crippen molar-refractivity contribution in [3.63, 3.8) is 0 Å². The number of hydrogen-bond acceptors (Lipinski definition) is 1. The van der Waals surface area contributed by atoms with Crippen LogP contribution in [0.2, 0.25) is 10.0 Å². The number of carbonyl (C=O) groups is 1. The monoisotopic (exact) mass is 292 g/mol. The van der Waals surface area contributed by atoms with Crippen LogP contribution in [0, 0.1) is 5.92 Å². The van der Waals surface area contributed by atoms with Gasteiger partial charge in [-0.05, 0) is 41.3 Å². The van der Waals surface area contributed by atoms with Crippen LogP contribution in [0.5, 0.6) is 0 Å². The van der Waals surface area contributed by atoms with Crippen LogP contribution in [0.3, 0.4) is 0 Å². The van der Waals surface area contributed by atoms with E-state index in [9.17, 15) is 4.79 Å². The Kier molecular flexibility index (Phi) is 4.62. The van der Waals surface area contributed by atoms with Crippen LogP contribution < -0.4 is 0 Å². The zero-order valence-electron chi connectivity index (χ0n) is 10.6. The Morgan fingerprint density at radius 3 is 2.11 bits per heavy atom. The summed E-state index contributed by atoms with van der Waals surface area (Å²) in [7, 11) is 0. The largest absolute Gasteiger partial charge is 0.303 e. The lowest BCUT2D eigenvalue weighted by Crippen LogP contribution is -2.00. The van der Waals surface area contributed by atoms with E-state index in [4.69, 9.17) is 23.2 Å². The molecule has 98 valence electrons. The van der Waals surface area contributed by atoms with Gasteiger partial charge in [0.15, 0.2) is 0 Å². The summed E-state index contributed by atoms with van der Waals surface area (Å²) in [6.07, 6.45) is 1.74. The fraction of sp³-hybridized carbons (Fsp3) is 0.188. The Labute approximate surface area is 123 Å². The summed E-state index contributed by atoms with van der Waals surface area (Å²) in [5, 5.41) is 1.25. The lowest BCUT2D eigenvalue weighted by molar-refractivity contribution is -0.110. The summed E-state index contributed by atoms with van der Waals surface area (Å²) >= 11 is 12.0. The molecule has 19 heavy (non-hydrogen) atoms. The van der Waals surface area contributed by atoms with Gasteiger partial charge in [-0.25, -0.2) is 0 Å². The molecule has 0 N–H and O–H groups in total. The van der Waals surface area contributed by atoms with E-state index in [2.05, 4.69) is 0 Å². The van der Waals surface area contributed by atoms with Crippen molar-refractivity contribution in [1.82, 2.24) is 0 Å². The van der Waals surface area contributed by atoms with Gasteiger partial charge in [-0.15, -0.1) is 0 Å². The first-order chi connectivity index (χ1) is 9.08. The Morgan fingerprint density at radius 2 is 1.58 bits per heavy atom. The van der Waals surface area contributed by atoms with Crippen molar-refractivity contribution in [2.45, 2.75) is 13.3 Å². The quantitative estimate of drug-likeness (QED) is 0.722. The van der Waals surface area contributed by atoms with Gasteiger partial charge in [-0.1, -0.05) is 54.4 Å². The van der Waals surface area contributed by atoms with Crippen LogP contribution in [0.1, 0.15) is 12.5 Å². The van der Waals surface area contributed by atoms with E-state index in [0.717, 1.165) is 29.4 Å². The molecule has 2 rings (SSSR count). The van der Waals surface area contributed by atoms with Gasteiger partial charge in [0, 0.05) is 16.0 Å². The van der Waals surface area contributed by atoms with Gasteiger partial charge in [-0.2, -0.15) is 0 Å². The third kappa shape index (κ3) is 3.82. The summed E-state index contributed by atoms with van der Waals surface area (Å²) in [5.74, 6) is 0.0477. The molecule has 0 heterocycles. The number of hydrogen-bond donors (Lipinski definition) is 0. The molecular formula is C16H14Cl2O. The molecule has 0 aliphatic rings. The third-order valence-electron chi connectivity index (χ3n) is 2.94. The molecule has 0 saturated heterocycles. The number of halogens is 2.